The van der Waals surface area contributed by atoms with Gasteiger partial charge in [-0.25, -0.2) is 9.97 Å². The molecule has 0 spiro atoms. The van der Waals surface area contributed by atoms with Crippen molar-refractivity contribution in [1.29, 1.82) is 5.26 Å². The lowest BCUT2D eigenvalue weighted by Crippen LogP contribution is -2.03. The molecule has 0 unspecified atom stereocenters. The van der Waals surface area contributed by atoms with Crippen LogP contribution in [0.4, 0.5) is 5.82 Å². The van der Waals surface area contributed by atoms with Gasteiger partial charge in [-0.2, -0.15) is 5.26 Å². The van der Waals surface area contributed by atoms with Gasteiger partial charge in [0.25, 0.3) is 0 Å². The second-order valence-corrected chi connectivity index (χ2v) is 3.82. The summed E-state index contributed by atoms with van der Waals surface area (Å²) < 4.78 is 0. The third-order valence-electron chi connectivity index (χ3n) is 2.62. The first-order valence-electron chi connectivity index (χ1n) is 5.23. The van der Waals surface area contributed by atoms with E-state index >= 15 is 0 Å². The van der Waals surface area contributed by atoms with Crippen LogP contribution in [0.15, 0.2) is 24.3 Å². The maximum Gasteiger partial charge on any atom is 0.162 e. The lowest BCUT2D eigenvalue weighted by atomic mass is 10.1. The molecule has 4 nitrogen and oxygen atoms in total. The fourth-order valence-corrected chi connectivity index (χ4v) is 1.68. The molecule has 0 aliphatic heterocycles. The smallest absolute Gasteiger partial charge is 0.162 e. The Morgan fingerprint density at radius 2 is 1.88 bits per heavy atom. The fourth-order valence-electron chi connectivity index (χ4n) is 1.68. The third kappa shape index (κ3) is 1.95. The lowest BCUT2D eigenvalue weighted by Gasteiger charge is -2.07. The van der Waals surface area contributed by atoms with E-state index in [1.165, 1.54) is 0 Å². The molecule has 4 heteroatoms. The minimum Gasteiger partial charge on any atom is -0.382 e. The minimum atomic E-state index is 0.234. The minimum absolute atomic E-state index is 0.234. The van der Waals surface area contributed by atoms with Crippen molar-refractivity contribution in [3.05, 3.63) is 41.1 Å². The Kier molecular flexibility index (Phi) is 2.75. The van der Waals surface area contributed by atoms with Crippen LogP contribution in [0.3, 0.4) is 0 Å². The van der Waals surface area contributed by atoms with Gasteiger partial charge >= 0.3 is 0 Å². The van der Waals surface area contributed by atoms with Gasteiger partial charge < -0.3 is 5.73 Å². The van der Waals surface area contributed by atoms with E-state index < -0.39 is 0 Å². The van der Waals surface area contributed by atoms with E-state index in [1.807, 2.05) is 37.3 Å². The van der Waals surface area contributed by atoms with Crippen molar-refractivity contribution in [2.24, 2.45) is 0 Å². The van der Waals surface area contributed by atoms with Crippen molar-refractivity contribution in [3.8, 4) is 17.5 Å². The molecule has 2 aromatic rings. The van der Waals surface area contributed by atoms with Crippen molar-refractivity contribution < 1.29 is 0 Å². The molecule has 1 heterocycles. The molecule has 0 saturated carbocycles. The summed E-state index contributed by atoms with van der Waals surface area (Å²) in [6.45, 7) is 3.75. The van der Waals surface area contributed by atoms with Crippen molar-refractivity contribution in [2.75, 3.05) is 5.73 Å². The van der Waals surface area contributed by atoms with Gasteiger partial charge in [-0.1, -0.05) is 24.3 Å². The molecule has 0 radical (unpaired) electrons. The van der Waals surface area contributed by atoms with Gasteiger partial charge in [0.15, 0.2) is 5.82 Å². The van der Waals surface area contributed by atoms with Gasteiger partial charge in [-0.15, -0.1) is 0 Å². The summed E-state index contributed by atoms with van der Waals surface area (Å²) in [5, 5.41) is 8.91. The van der Waals surface area contributed by atoms with Crippen molar-refractivity contribution >= 4 is 5.82 Å². The highest BCUT2D eigenvalue weighted by Crippen LogP contribution is 2.22. The Morgan fingerprint density at radius 1 is 1.18 bits per heavy atom. The van der Waals surface area contributed by atoms with Gasteiger partial charge in [-0.05, 0) is 19.4 Å². The Morgan fingerprint density at radius 3 is 2.47 bits per heavy atom. The standard InChI is InChI=1S/C13H12N4/c1-8-5-3-4-6-10(8)13-16-9(2)11(7-14)12(15)17-13/h3-6H,1-2H3,(H2,15,16,17). The molecule has 0 amide bonds. The van der Waals surface area contributed by atoms with Crippen molar-refractivity contribution in [1.82, 2.24) is 9.97 Å². The largest absolute Gasteiger partial charge is 0.382 e. The first kappa shape index (κ1) is 11.1. The summed E-state index contributed by atoms with van der Waals surface area (Å²) in [5.41, 5.74) is 8.72. The van der Waals surface area contributed by atoms with Gasteiger partial charge in [0.1, 0.15) is 17.5 Å². The van der Waals surface area contributed by atoms with Crippen LogP contribution in [-0.4, -0.2) is 9.97 Å². The highest BCUT2D eigenvalue weighted by molar-refractivity contribution is 5.63. The molecule has 0 aliphatic rings. The molecule has 2 rings (SSSR count). The molecule has 17 heavy (non-hydrogen) atoms. The summed E-state index contributed by atoms with van der Waals surface area (Å²) in [6.07, 6.45) is 0. The normalized spacial score (nSPS) is 9.94. The number of nitrogen functional groups attached to an aromatic ring is 1. The summed E-state index contributed by atoms with van der Waals surface area (Å²) in [5.74, 6) is 0.801. The van der Waals surface area contributed by atoms with E-state index in [-0.39, 0.29) is 5.82 Å². The predicted octanol–water partition coefficient (Wildman–Crippen LogP) is 2.21. The molecule has 0 bridgehead atoms. The summed E-state index contributed by atoms with van der Waals surface area (Å²) in [6, 6.07) is 9.82. The van der Waals surface area contributed by atoms with Crippen molar-refractivity contribution in [3.63, 3.8) is 0 Å². The number of aromatic nitrogens is 2. The molecule has 0 saturated heterocycles. The first-order valence-corrected chi connectivity index (χ1v) is 5.23. The molecule has 1 aromatic heterocycles. The van der Waals surface area contributed by atoms with Gasteiger partial charge in [0, 0.05) is 5.56 Å². The number of nitriles is 1. The molecule has 2 N–H and O–H groups in total. The van der Waals surface area contributed by atoms with E-state index in [0.717, 1.165) is 11.1 Å². The number of aryl methyl sites for hydroxylation is 2. The number of rotatable bonds is 1. The number of anilines is 1. The van der Waals surface area contributed by atoms with Gasteiger partial charge in [0.2, 0.25) is 0 Å². The van der Waals surface area contributed by atoms with Crippen LogP contribution >= 0.6 is 0 Å². The number of nitrogens with two attached hydrogens (primary N) is 1. The van der Waals surface area contributed by atoms with Gasteiger partial charge in [0.05, 0.1) is 5.69 Å². The number of hydrogen-bond acceptors (Lipinski definition) is 4. The van der Waals surface area contributed by atoms with E-state index in [9.17, 15) is 0 Å². The zero-order chi connectivity index (χ0) is 12.4. The predicted molar refractivity (Wildman–Crippen MR) is 66.1 cm³/mol. The number of benzene rings is 1. The van der Waals surface area contributed by atoms with Crippen LogP contribution in [-0.2, 0) is 0 Å². The maximum absolute atomic E-state index is 8.91. The van der Waals surface area contributed by atoms with Crippen LogP contribution in [0.1, 0.15) is 16.8 Å². The monoisotopic (exact) mass is 224 g/mol. The van der Waals surface area contributed by atoms with E-state index in [0.29, 0.717) is 17.1 Å². The van der Waals surface area contributed by atoms with Crippen LogP contribution in [0.25, 0.3) is 11.4 Å². The maximum atomic E-state index is 8.91. The molecule has 0 fully saturated rings. The number of hydrogen-bond donors (Lipinski definition) is 1. The molecule has 1 aromatic carbocycles. The summed E-state index contributed by atoms with van der Waals surface area (Å²) >= 11 is 0. The molecular weight excluding hydrogens is 212 g/mol. The molecule has 0 atom stereocenters. The second kappa shape index (κ2) is 4.22. The zero-order valence-corrected chi connectivity index (χ0v) is 9.73. The molecule has 84 valence electrons. The Bertz CT molecular complexity index is 588. The third-order valence-corrected chi connectivity index (χ3v) is 2.62. The summed E-state index contributed by atoms with van der Waals surface area (Å²) in [4.78, 5) is 8.50. The fraction of sp³-hybridized carbons (Fsp3) is 0.154. The topological polar surface area (TPSA) is 75.6 Å². The van der Waals surface area contributed by atoms with Crippen LogP contribution in [0.5, 0.6) is 0 Å². The van der Waals surface area contributed by atoms with Crippen LogP contribution < -0.4 is 5.73 Å². The highest BCUT2D eigenvalue weighted by Gasteiger charge is 2.11. The van der Waals surface area contributed by atoms with E-state index in [2.05, 4.69) is 9.97 Å². The highest BCUT2D eigenvalue weighted by atomic mass is 15.0. The Hall–Kier alpha value is -2.41. The average molecular weight is 224 g/mol. The molecule has 0 aliphatic carbocycles. The SMILES string of the molecule is Cc1ccccc1-c1nc(C)c(C#N)c(N)n1. The van der Waals surface area contributed by atoms with Crippen molar-refractivity contribution in [2.45, 2.75) is 13.8 Å². The quantitative estimate of drug-likeness (QED) is 0.805. The average Bonchev–Trinajstić information content (AvgIpc) is 2.29. The second-order valence-electron chi connectivity index (χ2n) is 3.82. The number of nitrogens with zero attached hydrogens (tertiary/aromatic N) is 3. The van der Waals surface area contributed by atoms with Crippen LogP contribution in [0.2, 0.25) is 0 Å². The van der Waals surface area contributed by atoms with E-state index in [4.69, 9.17) is 11.0 Å². The summed E-state index contributed by atoms with van der Waals surface area (Å²) in [7, 11) is 0. The van der Waals surface area contributed by atoms with Crippen LogP contribution in [0, 0.1) is 25.2 Å². The Labute approximate surface area is 99.8 Å². The molecular formula is C13H12N4. The first-order chi connectivity index (χ1) is 8.13. The van der Waals surface area contributed by atoms with E-state index in [1.54, 1.807) is 6.92 Å². The van der Waals surface area contributed by atoms with Gasteiger partial charge in [-0.3, -0.25) is 0 Å². The lowest BCUT2D eigenvalue weighted by molar-refractivity contribution is 1.10. The zero-order valence-electron chi connectivity index (χ0n) is 9.73. The Balaban J connectivity index is 2.64.